The maximum atomic E-state index is 11.4. The highest BCUT2D eigenvalue weighted by molar-refractivity contribution is 5.76. The summed E-state index contributed by atoms with van der Waals surface area (Å²) in [6, 6.07) is 6.31. The van der Waals surface area contributed by atoms with Crippen LogP contribution in [0.4, 0.5) is 4.79 Å². The lowest BCUT2D eigenvalue weighted by atomic mass is 9.88. The highest BCUT2D eigenvalue weighted by atomic mass is 16.5. The summed E-state index contributed by atoms with van der Waals surface area (Å²) in [6.07, 6.45) is 3.32. The average molecular weight is 275 g/mol. The molecule has 1 aromatic rings. The van der Waals surface area contributed by atoms with Crippen LogP contribution in [0.25, 0.3) is 0 Å². The first kappa shape index (κ1) is 13.2. The molecule has 0 spiro atoms. The Morgan fingerprint density at radius 2 is 2.35 bits per heavy atom. The number of nitrogens with two attached hydrogens (primary N) is 1. The van der Waals surface area contributed by atoms with E-state index in [9.17, 15) is 4.79 Å². The average Bonchev–Trinajstić information content (AvgIpc) is 2.85. The van der Waals surface area contributed by atoms with Crippen LogP contribution in [0.5, 0.6) is 5.75 Å². The smallest absolute Gasteiger partial charge is 0.317 e. The van der Waals surface area contributed by atoms with Gasteiger partial charge in [-0.05, 0) is 42.5 Å². The van der Waals surface area contributed by atoms with Crippen LogP contribution in [0.1, 0.15) is 30.0 Å². The number of fused-ring (bicyclic) bond motifs is 1. The minimum Gasteiger partial charge on any atom is -0.492 e. The quantitative estimate of drug-likeness (QED) is 0.873. The topological polar surface area (TPSA) is 67.6 Å². The molecule has 0 aromatic heterocycles. The second kappa shape index (κ2) is 5.71. The van der Waals surface area contributed by atoms with E-state index in [0.717, 1.165) is 31.7 Å². The molecule has 3 rings (SSSR count). The van der Waals surface area contributed by atoms with Crippen LogP contribution in [0.3, 0.4) is 0 Å². The fraction of sp³-hybridized carbons (Fsp3) is 0.533. The Morgan fingerprint density at radius 1 is 1.45 bits per heavy atom. The molecule has 1 heterocycles. The van der Waals surface area contributed by atoms with E-state index in [2.05, 4.69) is 17.4 Å². The van der Waals surface area contributed by atoms with Crippen LogP contribution in [-0.2, 0) is 6.42 Å². The van der Waals surface area contributed by atoms with Gasteiger partial charge in [0, 0.05) is 19.1 Å². The molecule has 1 aromatic carbocycles. The molecule has 2 amide bonds. The van der Waals surface area contributed by atoms with E-state index in [-0.39, 0.29) is 12.1 Å². The molecule has 1 fully saturated rings. The number of ether oxygens (including phenoxy) is 1. The van der Waals surface area contributed by atoms with Gasteiger partial charge in [0.05, 0.1) is 6.54 Å². The zero-order valence-electron chi connectivity index (χ0n) is 11.6. The lowest BCUT2D eigenvalue weighted by molar-refractivity contribution is 0.202. The molecular formula is C15H21N3O2. The summed E-state index contributed by atoms with van der Waals surface area (Å²) in [7, 11) is 0. The van der Waals surface area contributed by atoms with Crippen molar-refractivity contribution in [2.24, 2.45) is 5.73 Å². The summed E-state index contributed by atoms with van der Waals surface area (Å²) in [5.74, 6) is 0.848. The van der Waals surface area contributed by atoms with Gasteiger partial charge in [-0.3, -0.25) is 0 Å². The molecule has 5 heteroatoms. The van der Waals surface area contributed by atoms with Gasteiger partial charge in [0.15, 0.2) is 0 Å². The second-order valence-corrected chi connectivity index (χ2v) is 5.43. The van der Waals surface area contributed by atoms with Gasteiger partial charge in [0.1, 0.15) is 12.4 Å². The molecule has 1 aliphatic heterocycles. The number of rotatable bonds is 4. The molecule has 5 nitrogen and oxygen atoms in total. The summed E-state index contributed by atoms with van der Waals surface area (Å²) >= 11 is 0. The number of urea groups is 1. The van der Waals surface area contributed by atoms with Crippen LogP contribution in [0.2, 0.25) is 0 Å². The maximum Gasteiger partial charge on any atom is 0.317 e. The third-order valence-corrected chi connectivity index (χ3v) is 4.05. The third kappa shape index (κ3) is 2.72. The highest BCUT2D eigenvalue weighted by Crippen LogP contribution is 2.30. The number of amides is 2. The van der Waals surface area contributed by atoms with Crippen LogP contribution >= 0.6 is 0 Å². The lowest BCUT2D eigenvalue weighted by Gasteiger charge is -2.23. The Balaban J connectivity index is 1.58. The minimum absolute atomic E-state index is 0.000984. The van der Waals surface area contributed by atoms with Gasteiger partial charge in [-0.15, -0.1) is 0 Å². The van der Waals surface area contributed by atoms with Crippen molar-refractivity contribution in [2.45, 2.75) is 25.3 Å². The predicted molar refractivity (Wildman–Crippen MR) is 76.8 cm³/mol. The standard InChI is InChI=1S/C15H21N3O2/c16-14-3-1-2-11-4-5-12(10-13(11)14)20-9-8-18-7-6-17-15(18)19/h4-5,10,14H,1-3,6-9,16H2,(H,17,19). The van der Waals surface area contributed by atoms with E-state index >= 15 is 0 Å². The summed E-state index contributed by atoms with van der Waals surface area (Å²) in [5.41, 5.74) is 8.70. The number of hydrogen-bond acceptors (Lipinski definition) is 3. The minimum atomic E-state index is 0.000984. The first-order valence-corrected chi connectivity index (χ1v) is 7.28. The van der Waals surface area contributed by atoms with Crippen molar-refractivity contribution >= 4 is 6.03 Å². The van der Waals surface area contributed by atoms with Crippen molar-refractivity contribution in [3.63, 3.8) is 0 Å². The Kier molecular flexibility index (Phi) is 3.78. The van der Waals surface area contributed by atoms with Gasteiger partial charge in [-0.25, -0.2) is 4.79 Å². The Bertz CT molecular complexity index is 504. The van der Waals surface area contributed by atoms with Crippen LogP contribution < -0.4 is 15.8 Å². The van der Waals surface area contributed by atoms with E-state index in [1.807, 2.05) is 6.07 Å². The van der Waals surface area contributed by atoms with Gasteiger partial charge in [0.2, 0.25) is 0 Å². The van der Waals surface area contributed by atoms with Gasteiger partial charge in [0.25, 0.3) is 0 Å². The van der Waals surface area contributed by atoms with Gasteiger partial charge >= 0.3 is 6.03 Å². The molecule has 1 unspecified atom stereocenters. The van der Waals surface area contributed by atoms with Gasteiger partial charge in [-0.2, -0.15) is 0 Å². The Hall–Kier alpha value is -1.75. The highest BCUT2D eigenvalue weighted by Gasteiger charge is 2.19. The summed E-state index contributed by atoms with van der Waals surface area (Å²) in [4.78, 5) is 13.2. The number of hydrogen-bond donors (Lipinski definition) is 2. The molecule has 1 atom stereocenters. The van der Waals surface area contributed by atoms with Gasteiger partial charge < -0.3 is 20.7 Å². The molecule has 20 heavy (non-hydrogen) atoms. The summed E-state index contributed by atoms with van der Waals surface area (Å²) < 4.78 is 5.75. The van der Waals surface area contributed by atoms with Crippen molar-refractivity contribution in [3.05, 3.63) is 29.3 Å². The molecule has 108 valence electrons. The zero-order chi connectivity index (χ0) is 13.9. The number of carbonyl (C=O) groups excluding carboxylic acids is 1. The lowest BCUT2D eigenvalue weighted by Crippen LogP contribution is -2.31. The number of aryl methyl sites for hydroxylation is 1. The Morgan fingerprint density at radius 3 is 3.15 bits per heavy atom. The van der Waals surface area contributed by atoms with Crippen molar-refractivity contribution in [1.29, 1.82) is 0 Å². The van der Waals surface area contributed by atoms with Crippen molar-refractivity contribution in [1.82, 2.24) is 10.2 Å². The fourth-order valence-corrected chi connectivity index (χ4v) is 2.90. The monoisotopic (exact) mass is 275 g/mol. The number of carbonyl (C=O) groups is 1. The number of nitrogens with zero attached hydrogens (tertiary/aromatic N) is 1. The molecule has 0 radical (unpaired) electrons. The maximum absolute atomic E-state index is 11.4. The SMILES string of the molecule is NC1CCCc2ccc(OCCN3CCNC3=O)cc21. The predicted octanol–water partition coefficient (Wildman–Crippen LogP) is 1.43. The largest absolute Gasteiger partial charge is 0.492 e. The molecule has 1 saturated heterocycles. The van der Waals surface area contributed by atoms with Crippen molar-refractivity contribution in [2.75, 3.05) is 26.2 Å². The molecule has 0 bridgehead atoms. The van der Waals surface area contributed by atoms with E-state index in [1.54, 1.807) is 4.90 Å². The molecule has 0 saturated carbocycles. The molecule has 1 aliphatic carbocycles. The van der Waals surface area contributed by atoms with Crippen molar-refractivity contribution < 1.29 is 9.53 Å². The third-order valence-electron chi connectivity index (χ3n) is 4.05. The van der Waals surface area contributed by atoms with Crippen LogP contribution in [0, 0.1) is 0 Å². The normalized spacial score (nSPS) is 21.6. The van der Waals surface area contributed by atoms with E-state index in [1.165, 1.54) is 17.5 Å². The number of nitrogens with one attached hydrogen (secondary N) is 1. The molecular weight excluding hydrogens is 254 g/mol. The molecule has 3 N–H and O–H groups in total. The van der Waals surface area contributed by atoms with Crippen molar-refractivity contribution in [3.8, 4) is 5.75 Å². The van der Waals surface area contributed by atoms with Crippen LogP contribution in [-0.4, -0.2) is 37.2 Å². The van der Waals surface area contributed by atoms with E-state index in [4.69, 9.17) is 10.5 Å². The zero-order valence-corrected chi connectivity index (χ0v) is 11.6. The van der Waals surface area contributed by atoms with E-state index in [0.29, 0.717) is 13.2 Å². The van der Waals surface area contributed by atoms with Gasteiger partial charge in [-0.1, -0.05) is 6.07 Å². The van der Waals surface area contributed by atoms with E-state index < -0.39 is 0 Å². The first-order valence-electron chi connectivity index (χ1n) is 7.28. The molecule has 2 aliphatic rings. The second-order valence-electron chi connectivity index (χ2n) is 5.43. The van der Waals surface area contributed by atoms with Crippen LogP contribution in [0.15, 0.2) is 18.2 Å². The summed E-state index contributed by atoms with van der Waals surface area (Å²) in [5, 5.41) is 2.78. The fourth-order valence-electron chi connectivity index (χ4n) is 2.90. The summed E-state index contributed by atoms with van der Waals surface area (Å²) in [6.45, 7) is 2.63. The number of benzene rings is 1. The first-order chi connectivity index (χ1) is 9.74. The Labute approximate surface area is 119 Å².